The van der Waals surface area contributed by atoms with Crippen molar-refractivity contribution in [2.75, 3.05) is 5.32 Å². The molecule has 0 saturated carbocycles. The summed E-state index contributed by atoms with van der Waals surface area (Å²) in [5.74, 6) is 0.995. The molecule has 4 heteroatoms. The molecule has 1 N–H and O–H groups in total. The fraction of sp³-hybridized carbons (Fsp3) is 0.471. The maximum atomic E-state index is 4.49. The molecule has 3 rings (SSSR count). The predicted octanol–water partition coefficient (Wildman–Crippen LogP) is 3.32. The SMILES string of the molecule is CCc1cccnc1CNc1ncnc2c1CCCCC2. The van der Waals surface area contributed by atoms with E-state index in [0.717, 1.165) is 37.3 Å². The van der Waals surface area contributed by atoms with E-state index in [1.807, 2.05) is 12.3 Å². The molecule has 2 aromatic heterocycles. The number of hydrogen-bond acceptors (Lipinski definition) is 4. The first-order valence-corrected chi connectivity index (χ1v) is 7.88. The Balaban J connectivity index is 1.79. The van der Waals surface area contributed by atoms with Crippen LogP contribution in [0, 0.1) is 0 Å². The third-order valence-corrected chi connectivity index (χ3v) is 4.16. The highest BCUT2D eigenvalue weighted by atomic mass is 15.0. The van der Waals surface area contributed by atoms with Crippen LogP contribution in [0.25, 0.3) is 0 Å². The molecule has 0 saturated heterocycles. The number of nitrogens with zero attached hydrogens (tertiary/aromatic N) is 3. The fourth-order valence-corrected chi connectivity index (χ4v) is 2.97. The Bertz CT molecular complexity index is 609. The van der Waals surface area contributed by atoms with Gasteiger partial charge in [-0.1, -0.05) is 19.4 Å². The van der Waals surface area contributed by atoms with Gasteiger partial charge in [-0.2, -0.15) is 0 Å². The lowest BCUT2D eigenvalue weighted by molar-refractivity contribution is 0.708. The van der Waals surface area contributed by atoms with E-state index in [1.54, 1.807) is 6.33 Å². The summed E-state index contributed by atoms with van der Waals surface area (Å²) in [6.45, 7) is 2.89. The Labute approximate surface area is 126 Å². The van der Waals surface area contributed by atoms with Crippen molar-refractivity contribution >= 4 is 5.82 Å². The maximum Gasteiger partial charge on any atom is 0.133 e. The Morgan fingerprint density at radius 3 is 2.90 bits per heavy atom. The number of aromatic nitrogens is 3. The van der Waals surface area contributed by atoms with Gasteiger partial charge in [0.1, 0.15) is 12.1 Å². The summed E-state index contributed by atoms with van der Waals surface area (Å²) in [5.41, 5.74) is 4.94. The molecule has 1 aliphatic rings. The van der Waals surface area contributed by atoms with E-state index in [9.17, 15) is 0 Å². The lowest BCUT2D eigenvalue weighted by atomic mass is 10.1. The van der Waals surface area contributed by atoms with E-state index >= 15 is 0 Å². The van der Waals surface area contributed by atoms with Crippen LogP contribution in [-0.2, 0) is 25.8 Å². The molecule has 0 atom stereocenters. The van der Waals surface area contributed by atoms with E-state index in [-0.39, 0.29) is 0 Å². The number of rotatable bonds is 4. The van der Waals surface area contributed by atoms with Crippen LogP contribution in [0.1, 0.15) is 48.7 Å². The number of pyridine rings is 1. The van der Waals surface area contributed by atoms with Gasteiger partial charge in [0.25, 0.3) is 0 Å². The van der Waals surface area contributed by atoms with E-state index in [0.29, 0.717) is 0 Å². The van der Waals surface area contributed by atoms with E-state index < -0.39 is 0 Å². The molecule has 110 valence electrons. The molecule has 0 spiro atoms. The standard InChI is InChI=1S/C17H22N4/c1-2-13-7-6-10-18-16(13)11-19-17-14-8-4-3-5-9-15(14)20-12-21-17/h6-7,10,12H,2-5,8-9,11H2,1H3,(H,19,20,21). The van der Waals surface area contributed by atoms with Crippen molar-refractivity contribution in [3.63, 3.8) is 0 Å². The summed E-state index contributed by atoms with van der Waals surface area (Å²) < 4.78 is 0. The number of nitrogens with one attached hydrogen (secondary N) is 1. The largest absolute Gasteiger partial charge is 0.364 e. The van der Waals surface area contributed by atoms with Crippen LogP contribution in [0.4, 0.5) is 5.82 Å². The second-order valence-corrected chi connectivity index (χ2v) is 5.52. The monoisotopic (exact) mass is 282 g/mol. The number of hydrogen-bond donors (Lipinski definition) is 1. The summed E-state index contributed by atoms with van der Waals surface area (Å²) in [7, 11) is 0. The lowest BCUT2D eigenvalue weighted by Gasteiger charge is -2.13. The van der Waals surface area contributed by atoms with E-state index in [1.165, 1.54) is 36.1 Å². The van der Waals surface area contributed by atoms with E-state index in [4.69, 9.17) is 0 Å². The summed E-state index contributed by atoms with van der Waals surface area (Å²) in [4.78, 5) is 13.4. The third kappa shape index (κ3) is 3.20. The highest BCUT2D eigenvalue weighted by Crippen LogP contribution is 2.24. The Morgan fingerprint density at radius 1 is 1.10 bits per heavy atom. The molecule has 2 aromatic rings. The average molecular weight is 282 g/mol. The van der Waals surface area contributed by atoms with Crippen LogP contribution in [-0.4, -0.2) is 15.0 Å². The minimum atomic E-state index is 0.730. The molecular weight excluding hydrogens is 260 g/mol. The Morgan fingerprint density at radius 2 is 2.00 bits per heavy atom. The van der Waals surface area contributed by atoms with Crippen LogP contribution < -0.4 is 5.32 Å². The van der Waals surface area contributed by atoms with Crippen LogP contribution in [0.5, 0.6) is 0 Å². The highest BCUT2D eigenvalue weighted by Gasteiger charge is 2.14. The lowest BCUT2D eigenvalue weighted by Crippen LogP contribution is -2.10. The Kier molecular flexibility index (Phi) is 4.43. The molecule has 0 amide bonds. The second-order valence-electron chi connectivity index (χ2n) is 5.52. The van der Waals surface area contributed by atoms with Gasteiger partial charge >= 0.3 is 0 Å². The third-order valence-electron chi connectivity index (χ3n) is 4.16. The summed E-state index contributed by atoms with van der Waals surface area (Å²) in [6, 6.07) is 4.14. The van der Waals surface area contributed by atoms with Crippen molar-refractivity contribution < 1.29 is 0 Å². The van der Waals surface area contributed by atoms with Crippen LogP contribution in [0.2, 0.25) is 0 Å². The van der Waals surface area contributed by atoms with Gasteiger partial charge in [-0.15, -0.1) is 0 Å². The average Bonchev–Trinajstić information content (AvgIpc) is 2.79. The van der Waals surface area contributed by atoms with Crippen LogP contribution >= 0.6 is 0 Å². The highest BCUT2D eigenvalue weighted by molar-refractivity contribution is 5.47. The van der Waals surface area contributed by atoms with Crippen molar-refractivity contribution in [3.8, 4) is 0 Å². The molecule has 1 aliphatic carbocycles. The first-order valence-electron chi connectivity index (χ1n) is 7.88. The van der Waals surface area contributed by atoms with E-state index in [2.05, 4.69) is 33.3 Å². The maximum absolute atomic E-state index is 4.49. The number of anilines is 1. The molecule has 4 nitrogen and oxygen atoms in total. The van der Waals surface area contributed by atoms with Gasteiger partial charge in [0, 0.05) is 17.5 Å². The number of aryl methyl sites for hydroxylation is 2. The normalized spacial score (nSPS) is 14.3. The molecule has 2 heterocycles. The quantitative estimate of drug-likeness (QED) is 0.874. The van der Waals surface area contributed by atoms with Crippen molar-refractivity contribution in [2.45, 2.75) is 52.0 Å². The minimum Gasteiger partial charge on any atom is -0.364 e. The molecule has 0 unspecified atom stereocenters. The molecule has 0 aliphatic heterocycles. The first kappa shape index (κ1) is 14.0. The van der Waals surface area contributed by atoms with Crippen LogP contribution in [0.15, 0.2) is 24.7 Å². The fourth-order valence-electron chi connectivity index (χ4n) is 2.97. The van der Waals surface area contributed by atoms with Gasteiger partial charge in [-0.25, -0.2) is 9.97 Å². The van der Waals surface area contributed by atoms with Crippen molar-refractivity contribution in [1.82, 2.24) is 15.0 Å². The summed E-state index contributed by atoms with van der Waals surface area (Å²) in [6.07, 6.45) is 10.5. The molecular formula is C17H22N4. The van der Waals surface area contributed by atoms with Gasteiger partial charge in [-0.3, -0.25) is 4.98 Å². The van der Waals surface area contributed by atoms with Crippen molar-refractivity contribution in [2.24, 2.45) is 0 Å². The summed E-state index contributed by atoms with van der Waals surface area (Å²) in [5, 5.41) is 3.48. The van der Waals surface area contributed by atoms with Gasteiger partial charge in [0.15, 0.2) is 0 Å². The predicted molar refractivity (Wildman–Crippen MR) is 84.2 cm³/mol. The molecule has 21 heavy (non-hydrogen) atoms. The van der Waals surface area contributed by atoms with Gasteiger partial charge in [-0.05, 0) is 43.7 Å². The van der Waals surface area contributed by atoms with Crippen molar-refractivity contribution in [1.29, 1.82) is 0 Å². The van der Waals surface area contributed by atoms with Gasteiger partial charge < -0.3 is 5.32 Å². The van der Waals surface area contributed by atoms with Crippen LogP contribution in [0.3, 0.4) is 0 Å². The molecule has 0 bridgehead atoms. The zero-order valence-corrected chi connectivity index (χ0v) is 12.6. The first-order chi connectivity index (χ1) is 10.4. The molecule has 0 fully saturated rings. The zero-order chi connectivity index (χ0) is 14.5. The summed E-state index contributed by atoms with van der Waals surface area (Å²) >= 11 is 0. The molecule has 0 radical (unpaired) electrons. The minimum absolute atomic E-state index is 0.730. The van der Waals surface area contributed by atoms with Gasteiger partial charge in [0.05, 0.1) is 12.2 Å². The van der Waals surface area contributed by atoms with Gasteiger partial charge in [0.2, 0.25) is 0 Å². The van der Waals surface area contributed by atoms with Crippen molar-refractivity contribution in [3.05, 3.63) is 47.2 Å². The Hall–Kier alpha value is -1.97. The number of fused-ring (bicyclic) bond motifs is 1. The zero-order valence-electron chi connectivity index (χ0n) is 12.6. The molecule has 0 aromatic carbocycles. The second kappa shape index (κ2) is 6.66. The topological polar surface area (TPSA) is 50.7 Å². The smallest absolute Gasteiger partial charge is 0.133 e.